The van der Waals surface area contributed by atoms with Crippen molar-refractivity contribution in [3.8, 4) is 0 Å². The molecule has 1 saturated heterocycles. The van der Waals surface area contributed by atoms with Crippen LogP contribution < -0.4 is 10.6 Å². The maximum absolute atomic E-state index is 12.4. The molecule has 0 aromatic heterocycles. The van der Waals surface area contributed by atoms with Crippen molar-refractivity contribution >= 4 is 18.3 Å². The Hall–Kier alpha value is -0.280. The highest BCUT2D eigenvalue weighted by molar-refractivity contribution is 5.85. The summed E-state index contributed by atoms with van der Waals surface area (Å²) in [5.74, 6) is 3.96. The van der Waals surface area contributed by atoms with Crippen LogP contribution in [0.1, 0.15) is 64.2 Å². The van der Waals surface area contributed by atoms with E-state index in [-0.39, 0.29) is 12.4 Å². The Morgan fingerprint density at radius 2 is 1.74 bits per heavy atom. The first kappa shape index (κ1) is 17.5. The molecule has 23 heavy (non-hydrogen) atoms. The Balaban J connectivity index is 0.00000156. The lowest BCUT2D eigenvalue weighted by Gasteiger charge is -2.56. The number of hydrogen-bond donors (Lipinski definition) is 2. The first-order valence-electron chi connectivity index (χ1n) is 9.68. The summed E-state index contributed by atoms with van der Waals surface area (Å²) in [4.78, 5) is 12.4. The minimum atomic E-state index is 0. The van der Waals surface area contributed by atoms with Gasteiger partial charge in [-0.2, -0.15) is 0 Å². The number of halogens is 1. The van der Waals surface area contributed by atoms with Gasteiger partial charge in [0.15, 0.2) is 0 Å². The first-order valence-corrected chi connectivity index (χ1v) is 9.68. The van der Waals surface area contributed by atoms with Crippen molar-refractivity contribution in [3.63, 3.8) is 0 Å². The summed E-state index contributed by atoms with van der Waals surface area (Å²) in [6.07, 6.45) is 13.0. The van der Waals surface area contributed by atoms with Crippen LogP contribution in [0.25, 0.3) is 0 Å². The largest absolute Gasteiger partial charge is 0.356 e. The van der Waals surface area contributed by atoms with Gasteiger partial charge < -0.3 is 10.6 Å². The Labute approximate surface area is 147 Å². The SMILES string of the molecule is Cl.O=C(CC12CC3CC(CC(C3)C1)C2)NCCC1CCCNC1. The molecule has 132 valence electrons. The van der Waals surface area contributed by atoms with Crippen LogP contribution in [0.2, 0.25) is 0 Å². The van der Waals surface area contributed by atoms with E-state index < -0.39 is 0 Å². The Morgan fingerprint density at radius 1 is 1.09 bits per heavy atom. The third-order valence-electron chi connectivity index (χ3n) is 6.97. The molecule has 0 radical (unpaired) electrons. The Kier molecular flexibility index (Phi) is 5.57. The van der Waals surface area contributed by atoms with Gasteiger partial charge in [0.1, 0.15) is 0 Å². The Morgan fingerprint density at radius 3 is 2.30 bits per heavy atom. The molecule has 2 N–H and O–H groups in total. The predicted molar refractivity (Wildman–Crippen MR) is 95.7 cm³/mol. The zero-order valence-electron chi connectivity index (χ0n) is 14.3. The van der Waals surface area contributed by atoms with Gasteiger partial charge in [-0.05, 0) is 100.0 Å². The van der Waals surface area contributed by atoms with Gasteiger partial charge in [-0.1, -0.05) is 0 Å². The number of piperidine rings is 1. The molecule has 4 aliphatic carbocycles. The molecule has 1 aliphatic heterocycles. The number of nitrogens with one attached hydrogen (secondary N) is 2. The van der Waals surface area contributed by atoms with Crippen molar-refractivity contribution in [2.24, 2.45) is 29.1 Å². The molecule has 4 heteroatoms. The van der Waals surface area contributed by atoms with Gasteiger partial charge in [0, 0.05) is 13.0 Å². The van der Waals surface area contributed by atoms with Crippen molar-refractivity contribution in [3.05, 3.63) is 0 Å². The molecule has 4 bridgehead atoms. The third-order valence-corrected chi connectivity index (χ3v) is 6.97. The monoisotopic (exact) mass is 340 g/mol. The van der Waals surface area contributed by atoms with Crippen LogP contribution in [0.3, 0.4) is 0 Å². The van der Waals surface area contributed by atoms with Crippen LogP contribution in [0.5, 0.6) is 0 Å². The van der Waals surface area contributed by atoms with E-state index >= 15 is 0 Å². The van der Waals surface area contributed by atoms with Crippen LogP contribution in [-0.2, 0) is 4.79 Å². The van der Waals surface area contributed by atoms with Crippen LogP contribution >= 0.6 is 12.4 Å². The van der Waals surface area contributed by atoms with Crippen molar-refractivity contribution in [2.75, 3.05) is 19.6 Å². The third kappa shape index (κ3) is 4.04. The first-order chi connectivity index (χ1) is 10.7. The van der Waals surface area contributed by atoms with Crippen molar-refractivity contribution in [2.45, 2.75) is 64.2 Å². The molecule has 1 amide bonds. The van der Waals surface area contributed by atoms with Crippen LogP contribution in [0, 0.1) is 29.1 Å². The smallest absolute Gasteiger partial charge is 0.220 e. The average molecular weight is 341 g/mol. The summed E-state index contributed by atoms with van der Waals surface area (Å²) in [6, 6.07) is 0. The van der Waals surface area contributed by atoms with E-state index in [1.165, 1.54) is 57.9 Å². The van der Waals surface area contributed by atoms with Gasteiger partial charge in [0.25, 0.3) is 0 Å². The highest BCUT2D eigenvalue weighted by atomic mass is 35.5. The molecule has 0 aromatic rings. The standard InChI is InChI=1S/C19H32N2O.ClH/c22-18(21-5-3-14-2-1-4-20-13-14)12-19-9-15-6-16(10-19)8-17(7-15)11-19;/h14-17,20H,1-13H2,(H,21,22);1H. The fourth-order valence-corrected chi connectivity index (χ4v) is 6.50. The van der Waals surface area contributed by atoms with Crippen molar-refractivity contribution < 1.29 is 4.79 Å². The number of carbonyl (C=O) groups is 1. The van der Waals surface area contributed by atoms with E-state index in [4.69, 9.17) is 0 Å². The van der Waals surface area contributed by atoms with E-state index in [9.17, 15) is 4.79 Å². The molecule has 5 rings (SSSR count). The van der Waals surface area contributed by atoms with Gasteiger partial charge in [-0.15, -0.1) is 12.4 Å². The van der Waals surface area contributed by atoms with E-state index in [2.05, 4.69) is 10.6 Å². The second kappa shape index (κ2) is 7.31. The van der Waals surface area contributed by atoms with Crippen LogP contribution in [0.15, 0.2) is 0 Å². The molecule has 0 spiro atoms. The van der Waals surface area contributed by atoms with Gasteiger partial charge in [-0.3, -0.25) is 4.79 Å². The van der Waals surface area contributed by atoms with Crippen LogP contribution in [0.4, 0.5) is 0 Å². The van der Waals surface area contributed by atoms with Crippen molar-refractivity contribution in [1.82, 2.24) is 10.6 Å². The molecule has 1 heterocycles. The number of amides is 1. The molecule has 4 saturated carbocycles. The summed E-state index contributed by atoms with van der Waals surface area (Å²) < 4.78 is 0. The summed E-state index contributed by atoms with van der Waals surface area (Å²) in [7, 11) is 0. The fourth-order valence-electron chi connectivity index (χ4n) is 6.50. The quantitative estimate of drug-likeness (QED) is 0.804. The van der Waals surface area contributed by atoms with Gasteiger partial charge in [0.2, 0.25) is 5.91 Å². The summed E-state index contributed by atoms with van der Waals surface area (Å²) in [5, 5.41) is 6.70. The average Bonchev–Trinajstić information content (AvgIpc) is 2.46. The molecular formula is C19H33ClN2O. The van der Waals surface area contributed by atoms with Gasteiger partial charge in [0.05, 0.1) is 0 Å². The highest BCUT2D eigenvalue weighted by Gasteiger charge is 2.51. The molecular weight excluding hydrogens is 308 g/mol. The van der Waals surface area contributed by atoms with E-state index in [0.29, 0.717) is 11.3 Å². The fraction of sp³-hybridized carbons (Fsp3) is 0.947. The topological polar surface area (TPSA) is 41.1 Å². The zero-order chi connectivity index (χ0) is 15.0. The molecule has 5 aliphatic rings. The maximum atomic E-state index is 12.4. The highest BCUT2D eigenvalue weighted by Crippen LogP contribution is 2.61. The second-order valence-corrected chi connectivity index (χ2v) is 8.95. The zero-order valence-corrected chi connectivity index (χ0v) is 15.1. The van der Waals surface area contributed by atoms with Crippen LogP contribution in [-0.4, -0.2) is 25.5 Å². The summed E-state index contributed by atoms with van der Waals surface area (Å²) in [6.45, 7) is 3.21. The molecule has 5 fully saturated rings. The lowest BCUT2D eigenvalue weighted by Crippen LogP contribution is -2.48. The maximum Gasteiger partial charge on any atom is 0.220 e. The normalized spacial score (nSPS) is 41.4. The minimum absolute atomic E-state index is 0. The summed E-state index contributed by atoms with van der Waals surface area (Å²) >= 11 is 0. The number of carbonyl (C=O) groups excluding carboxylic acids is 1. The molecule has 1 atom stereocenters. The number of hydrogen-bond acceptors (Lipinski definition) is 2. The molecule has 1 unspecified atom stereocenters. The number of rotatable bonds is 5. The second-order valence-electron chi connectivity index (χ2n) is 8.95. The van der Waals surface area contributed by atoms with Gasteiger partial charge >= 0.3 is 0 Å². The van der Waals surface area contributed by atoms with E-state index in [1.807, 2.05) is 0 Å². The van der Waals surface area contributed by atoms with Crippen molar-refractivity contribution in [1.29, 1.82) is 0 Å². The Bertz CT molecular complexity index is 384. The van der Waals surface area contributed by atoms with E-state index in [0.717, 1.165) is 49.6 Å². The lowest BCUT2D eigenvalue weighted by atomic mass is 9.49. The summed E-state index contributed by atoms with van der Waals surface area (Å²) in [5.41, 5.74) is 0.394. The minimum Gasteiger partial charge on any atom is -0.356 e. The molecule has 3 nitrogen and oxygen atoms in total. The predicted octanol–water partition coefficient (Wildman–Crippen LogP) is 3.52. The molecule has 0 aromatic carbocycles. The van der Waals surface area contributed by atoms with Gasteiger partial charge in [-0.25, -0.2) is 0 Å². The lowest BCUT2D eigenvalue weighted by molar-refractivity contribution is -0.129. The van der Waals surface area contributed by atoms with E-state index in [1.54, 1.807) is 0 Å².